The first-order chi connectivity index (χ1) is 14.6. The van der Waals surface area contributed by atoms with Crippen LogP contribution < -0.4 is 10.6 Å². The van der Waals surface area contributed by atoms with Crippen molar-refractivity contribution in [3.8, 4) is 11.4 Å². The van der Waals surface area contributed by atoms with E-state index in [-0.39, 0.29) is 0 Å². The molecule has 2 N–H and O–H groups in total. The first-order valence-electron chi connectivity index (χ1n) is 10.5. The van der Waals surface area contributed by atoms with Crippen LogP contribution >= 0.6 is 11.6 Å². The van der Waals surface area contributed by atoms with Crippen LogP contribution in [0.1, 0.15) is 26.7 Å². The molecule has 1 atom stereocenters. The topological polar surface area (TPSA) is 87.8 Å². The van der Waals surface area contributed by atoms with E-state index in [1.807, 2.05) is 19.1 Å². The minimum absolute atomic E-state index is 0.305. The summed E-state index contributed by atoms with van der Waals surface area (Å²) in [5.41, 5.74) is 0.855. The minimum Gasteiger partial charge on any atom is -0.379 e. The average Bonchev–Trinajstić information content (AvgIpc) is 3.22. The molecule has 1 saturated heterocycles. The van der Waals surface area contributed by atoms with E-state index in [9.17, 15) is 0 Å². The average molecular weight is 435 g/mol. The van der Waals surface area contributed by atoms with Gasteiger partial charge in [-0.15, -0.1) is 0 Å². The summed E-state index contributed by atoms with van der Waals surface area (Å²) in [4.78, 5) is 11.5. The molecule has 2 aromatic rings. The van der Waals surface area contributed by atoms with Crippen LogP contribution in [0.2, 0.25) is 5.02 Å². The Morgan fingerprint density at radius 1 is 1.20 bits per heavy atom. The molecule has 0 radical (unpaired) electrons. The molecule has 2 heterocycles. The third kappa shape index (κ3) is 6.42. The van der Waals surface area contributed by atoms with Crippen LogP contribution in [0.25, 0.3) is 11.4 Å². The highest BCUT2D eigenvalue weighted by Gasteiger charge is 2.23. The number of ether oxygens (including phenoxy) is 1. The van der Waals surface area contributed by atoms with Gasteiger partial charge in [-0.3, -0.25) is 4.90 Å². The number of hydrogen-bond donors (Lipinski definition) is 2. The molecule has 0 spiro atoms. The first-order valence-corrected chi connectivity index (χ1v) is 10.9. The predicted octanol–water partition coefficient (Wildman–Crippen LogP) is 2.80. The van der Waals surface area contributed by atoms with E-state index in [0.29, 0.717) is 35.2 Å². The second kappa shape index (κ2) is 11.3. The molecule has 8 nitrogen and oxygen atoms in total. The van der Waals surface area contributed by atoms with Gasteiger partial charge < -0.3 is 19.9 Å². The number of halogens is 1. The van der Waals surface area contributed by atoms with Crippen molar-refractivity contribution in [1.29, 1.82) is 0 Å². The monoisotopic (exact) mass is 434 g/mol. The number of nitrogens with one attached hydrogen (secondary N) is 2. The molecule has 1 aliphatic heterocycles. The lowest BCUT2D eigenvalue weighted by atomic mass is 10.0. The Morgan fingerprint density at radius 2 is 1.93 bits per heavy atom. The van der Waals surface area contributed by atoms with Crippen molar-refractivity contribution < 1.29 is 9.26 Å². The summed E-state index contributed by atoms with van der Waals surface area (Å²) in [6.07, 6.45) is 0. The molecule has 0 amide bonds. The van der Waals surface area contributed by atoms with Gasteiger partial charge in [0.25, 0.3) is 0 Å². The smallest absolute Gasteiger partial charge is 0.248 e. The van der Waals surface area contributed by atoms with Crippen molar-refractivity contribution in [2.24, 2.45) is 10.9 Å². The van der Waals surface area contributed by atoms with Gasteiger partial charge in [-0.25, -0.2) is 4.99 Å². The Labute approximate surface area is 183 Å². The molecule has 9 heteroatoms. The van der Waals surface area contributed by atoms with Crippen molar-refractivity contribution in [1.82, 2.24) is 25.7 Å². The summed E-state index contributed by atoms with van der Waals surface area (Å²) in [5, 5.41) is 11.5. The van der Waals surface area contributed by atoms with Gasteiger partial charge in [0.05, 0.1) is 13.2 Å². The van der Waals surface area contributed by atoms with Crippen LogP contribution in [0.3, 0.4) is 0 Å². The Hall–Kier alpha value is -2.16. The maximum absolute atomic E-state index is 5.93. The highest BCUT2D eigenvalue weighted by atomic mass is 35.5. The van der Waals surface area contributed by atoms with Gasteiger partial charge in [0.2, 0.25) is 11.7 Å². The molecule has 0 bridgehead atoms. The Balaban J connectivity index is 1.60. The van der Waals surface area contributed by atoms with Crippen molar-refractivity contribution in [2.45, 2.75) is 33.4 Å². The molecule has 1 aliphatic rings. The summed E-state index contributed by atoms with van der Waals surface area (Å²) in [5.74, 6) is 2.26. The number of nitrogens with zero attached hydrogens (tertiary/aromatic N) is 4. The summed E-state index contributed by atoms with van der Waals surface area (Å²) in [6, 6.07) is 7.75. The van der Waals surface area contributed by atoms with Crippen LogP contribution in [0.15, 0.2) is 33.8 Å². The normalized spacial score (nSPS) is 16.6. The van der Waals surface area contributed by atoms with E-state index >= 15 is 0 Å². The molecule has 0 saturated carbocycles. The van der Waals surface area contributed by atoms with E-state index in [2.05, 4.69) is 44.5 Å². The van der Waals surface area contributed by atoms with Gasteiger partial charge in [-0.05, 0) is 37.1 Å². The first kappa shape index (κ1) is 22.5. The summed E-state index contributed by atoms with van der Waals surface area (Å²) in [6.45, 7) is 12.0. The highest BCUT2D eigenvalue weighted by molar-refractivity contribution is 6.30. The predicted molar refractivity (Wildman–Crippen MR) is 119 cm³/mol. The largest absolute Gasteiger partial charge is 0.379 e. The number of morpholine rings is 1. The van der Waals surface area contributed by atoms with Crippen molar-refractivity contribution in [2.75, 3.05) is 39.4 Å². The van der Waals surface area contributed by atoms with E-state index in [1.54, 1.807) is 12.1 Å². The lowest BCUT2D eigenvalue weighted by Crippen LogP contribution is -2.52. The lowest BCUT2D eigenvalue weighted by molar-refractivity contribution is 0.00752. The third-order valence-corrected chi connectivity index (χ3v) is 5.30. The van der Waals surface area contributed by atoms with E-state index < -0.39 is 0 Å². The quantitative estimate of drug-likeness (QED) is 0.487. The van der Waals surface area contributed by atoms with E-state index in [4.69, 9.17) is 20.9 Å². The van der Waals surface area contributed by atoms with Crippen molar-refractivity contribution in [3.05, 3.63) is 35.2 Å². The van der Waals surface area contributed by atoms with Crippen LogP contribution in [0.5, 0.6) is 0 Å². The van der Waals surface area contributed by atoms with Gasteiger partial charge in [-0.2, -0.15) is 4.98 Å². The number of aromatic nitrogens is 2. The van der Waals surface area contributed by atoms with E-state index in [0.717, 1.165) is 50.9 Å². The van der Waals surface area contributed by atoms with Gasteiger partial charge in [0.15, 0.2) is 5.96 Å². The van der Waals surface area contributed by atoms with Crippen LogP contribution in [0, 0.1) is 5.92 Å². The van der Waals surface area contributed by atoms with Crippen LogP contribution in [-0.2, 0) is 11.3 Å². The molecule has 1 fully saturated rings. The number of benzene rings is 1. The molecule has 0 aliphatic carbocycles. The molecule has 3 rings (SSSR count). The highest BCUT2D eigenvalue weighted by Crippen LogP contribution is 2.19. The summed E-state index contributed by atoms with van der Waals surface area (Å²) < 4.78 is 10.9. The SMILES string of the molecule is CCNC(=NCc1nc(-c2ccc(Cl)cc2)no1)NCC(C(C)C)N1CCOCC1. The molecular weight excluding hydrogens is 404 g/mol. The summed E-state index contributed by atoms with van der Waals surface area (Å²) >= 11 is 5.93. The fourth-order valence-corrected chi connectivity index (χ4v) is 3.55. The molecule has 1 aromatic heterocycles. The van der Waals surface area contributed by atoms with Crippen molar-refractivity contribution >= 4 is 17.6 Å². The molecule has 164 valence electrons. The zero-order valence-electron chi connectivity index (χ0n) is 17.9. The fraction of sp³-hybridized carbons (Fsp3) is 0.571. The molecule has 30 heavy (non-hydrogen) atoms. The molecular formula is C21H31ClN6O2. The zero-order valence-corrected chi connectivity index (χ0v) is 18.7. The number of rotatable bonds is 8. The Kier molecular flexibility index (Phi) is 8.48. The molecule has 1 unspecified atom stereocenters. The lowest BCUT2D eigenvalue weighted by Gasteiger charge is -2.37. The maximum atomic E-state index is 5.93. The van der Waals surface area contributed by atoms with Gasteiger partial charge in [0, 0.05) is 42.8 Å². The number of hydrogen-bond acceptors (Lipinski definition) is 6. The second-order valence-electron chi connectivity index (χ2n) is 7.55. The Morgan fingerprint density at radius 3 is 2.60 bits per heavy atom. The van der Waals surface area contributed by atoms with Gasteiger partial charge in [0.1, 0.15) is 6.54 Å². The second-order valence-corrected chi connectivity index (χ2v) is 7.99. The van der Waals surface area contributed by atoms with Crippen LogP contribution in [-0.4, -0.2) is 66.4 Å². The zero-order chi connectivity index (χ0) is 21.3. The van der Waals surface area contributed by atoms with Crippen LogP contribution in [0.4, 0.5) is 0 Å². The Bertz CT molecular complexity index is 802. The van der Waals surface area contributed by atoms with Crippen molar-refractivity contribution in [3.63, 3.8) is 0 Å². The standard InChI is InChI=1S/C21H31ClN6O2/c1-4-23-21(24-13-18(15(2)3)28-9-11-29-12-10-28)25-14-19-26-20(27-30-19)16-5-7-17(22)8-6-16/h5-8,15,18H,4,9-14H2,1-3H3,(H2,23,24,25). The fourth-order valence-electron chi connectivity index (χ4n) is 3.42. The molecule has 1 aromatic carbocycles. The van der Waals surface area contributed by atoms with Gasteiger partial charge >= 0.3 is 0 Å². The third-order valence-electron chi connectivity index (χ3n) is 5.05. The number of aliphatic imine (C=N–C) groups is 1. The van der Waals surface area contributed by atoms with E-state index in [1.165, 1.54) is 0 Å². The number of guanidine groups is 1. The summed E-state index contributed by atoms with van der Waals surface area (Å²) in [7, 11) is 0. The van der Waals surface area contributed by atoms with Gasteiger partial charge in [-0.1, -0.05) is 30.6 Å². The maximum Gasteiger partial charge on any atom is 0.248 e. The minimum atomic E-state index is 0.305.